The summed E-state index contributed by atoms with van der Waals surface area (Å²) in [6.45, 7) is 13.9. The van der Waals surface area contributed by atoms with E-state index in [2.05, 4.69) is 50.5 Å². The van der Waals surface area contributed by atoms with Crippen LogP contribution >= 0.6 is 0 Å². The van der Waals surface area contributed by atoms with E-state index in [0.717, 1.165) is 32.4 Å². The van der Waals surface area contributed by atoms with Gasteiger partial charge in [-0.05, 0) is 58.0 Å². The molecule has 12 nitrogen and oxygen atoms in total. The maximum atomic E-state index is 12.9. The van der Waals surface area contributed by atoms with Gasteiger partial charge in [-0.15, -0.1) is 0 Å². The highest BCUT2D eigenvalue weighted by atomic mass is 16.8. The molecule has 12 heteroatoms. The number of hydroxylamine groups is 1. The van der Waals surface area contributed by atoms with Gasteiger partial charge in [0.15, 0.2) is 11.5 Å². The van der Waals surface area contributed by atoms with E-state index in [9.17, 15) is 19.2 Å². The minimum atomic E-state index is -1.09. The number of benzene rings is 1. The van der Waals surface area contributed by atoms with Crippen LogP contribution in [0.15, 0.2) is 40.9 Å². The second kappa shape index (κ2) is 17.2. The monoisotopic (exact) mass is 626 g/mol. The Bertz CT molecular complexity index is 1250. The van der Waals surface area contributed by atoms with Crippen molar-refractivity contribution in [1.29, 1.82) is 0 Å². The molecule has 2 unspecified atom stereocenters. The molecule has 1 aromatic carbocycles. The predicted octanol–water partition coefficient (Wildman–Crippen LogP) is 3.27. The van der Waals surface area contributed by atoms with Crippen LogP contribution in [0.3, 0.4) is 0 Å². The summed E-state index contributed by atoms with van der Waals surface area (Å²) in [5.41, 5.74) is 2.90. The van der Waals surface area contributed by atoms with Gasteiger partial charge in [-0.3, -0.25) is 28.9 Å². The highest BCUT2D eigenvalue weighted by molar-refractivity contribution is 5.98. The third kappa shape index (κ3) is 12.0. The standard InChI is InChI=1S/C24H36N6O6.C7H8.C2H6/c1-14(2)9-17(21(32)24(3)29-36-24)26-20(31)12-25-22(33)18(10-15-5-6-15)27-23(34)19-11-16(35-28-19)13-30-7-4-8-30;1-7-5-3-2-4-6-7;1-2/h11,14-15,17-18,29H,4-10,12-13H2,1-3H3,(H,25,33)(H,26,31)(H,27,34);2-6H,1H3;1-2H3/t17-,18?,24?;;/m0../s1. The molecule has 0 radical (unpaired) electrons. The van der Waals surface area contributed by atoms with Gasteiger partial charge in [-0.1, -0.05) is 81.6 Å². The van der Waals surface area contributed by atoms with Gasteiger partial charge in [0.1, 0.15) is 6.04 Å². The van der Waals surface area contributed by atoms with Crippen LogP contribution in [0.1, 0.15) is 88.5 Å². The summed E-state index contributed by atoms with van der Waals surface area (Å²) in [7, 11) is 0. The molecule has 2 aliphatic heterocycles. The molecule has 1 aromatic heterocycles. The summed E-state index contributed by atoms with van der Waals surface area (Å²) < 4.78 is 5.27. The fourth-order valence-electron chi connectivity index (χ4n) is 4.69. The highest BCUT2D eigenvalue weighted by Crippen LogP contribution is 2.33. The van der Waals surface area contributed by atoms with Crippen molar-refractivity contribution >= 4 is 23.5 Å². The molecule has 2 aromatic rings. The van der Waals surface area contributed by atoms with Gasteiger partial charge < -0.3 is 20.5 Å². The van der Waals surface area contributed by atoms with Gasteiger partial charge in [0.05, 0.1) is 19.1 Å². The number of aromatic nitrogens is 1. The van der Waals surface area contributed by atoms with Crippen molar-refractivity contribution in [2.75, 3.05) is 19.6 Å². The van der Waals surface area contributed by atoms with Gasteiger partial charge in [0.2, 0.25) is 23.3 Å². The third-order valence-electron chi connectivity index (χ3n) is 7.61. The number of Topliss-reactive ketones (excluding diaryl/α,β-unsaturated/α-hetero) is 1. The van der Waals surface area contributed by atoms with Crippen molar-refractivity contribution in [3.8, 4) is 0 Å². The Morgan fingerprint density at radius 1 is 1.07 bits per heavy atom. The van der Waals surface area contributed by atoms with E-state index in [1.54, 1.807) is 13.0 Å². The summed E-state index contributed by atoms with van der Waals surface area (Å²) in [5.74, 6) is -0.588. The Balaban J connectivity index is 0.000000534. The van der Waals surface area contributed by atoms with Gasteiger partial charge in [0, 0.05) is 6.07 Å². The number of carbonyl (C=O) groups excluding carboxylic acids is 4. The molecule has 3 fully saturated rings. The van der Waals surface area contributed by atoms with Crippen LogP contribution in [-0.2, 0) is 25.8 Å². The zero-order valence-corrected chi connectivity index (χ0v) is 27.5. The Morgan fingerprint density at radius 2 is 1.73 bits per heavy atom. The number of hydrogen-bond donors (Lipinski definition) is 4. The van der Waals surface area contributed by atoms with Crippen molar-refractivity contribution in [3.63, 3.8) is 0 Å². The molecule has 3 aliphatic rings. The maximum absolute atomic E-state index is 12.9. The van der Waals surface area contributed by atoms with E-state index in [-0.39, 0.29) is 23.9 Å². The number of amides is 3. The topological polar surface area (TPSA) is 168 Å². The second-order valence-corrected chi connectivity index (χ2v) is 12.2. The van der Waals surface area contributed by atoms with Gasteiger partial charge in [-0.2, -0.15) is 5.48 Å². The number of rotatable bonds is 14. The highest BCUT2D eigenvalue weighted by Gasteiger charge is 2.50. The molecule has 1 saturated carbocycles. The predicted molar refractivity (Wildman–Crippen MR) is 170 cm³/mol. The number of aryl methyl sites for hydroxylation is 1. The number of hydrogen-bond acceptors (Lipinski definition) is 9. The Kier molecular flexibility index (Phi) is 13.7. The lowest BCUT2D eigenvalue weighted by Crippen LogP contribution is -2.52. The molecule has 1 aliphatic carbocycles. The summed E-state index contributed by atoms with van der Waals surface area (Å²) in [6, 6.07) is 10.3. The van der Waals surface area contributed by atoms with Crippen LogP contribution in [0, 0.1) is 18.8 Å². The normalized spacial score (nSPS) is 19.8. The smallest absolute Gasteiger partial charge is 0.274 e. The molecule has 3 atom stereocenters. The first-order valence-corrected chi connectivity index (χ1v) is 16.1. The lowest BCUT2D eigenvalue weighted by molar-refractivity contribution is -0.131. The fourth-order valence-corrected chi connectivity index (χ4v) is 4.69. The Hall–Kier alpha value is -3.61. The summed E-state index contributed by atoms with van der Waals surface area (Å²) in [6.07, 6.45) is 4.07. The molecule has 3 heterocycles. The van der Waals surface area contributed by atoms with E-state index < -0.39 is 35.5 Å². The first-order chi connectivity index (χ1) is 21.5. The van der Waals surface area contributed by atoms with Crippen LogP contribution in [0.4, 0.5) is 0 Å². The first-order valence-electron chi connectivity index (χ1n) is 16.1. The quantitative estimate of drug-likeness (QED) is 0.230. The van der Waals surface area contributed by atoms with Crippen molar-refractivity contribution in [3.05, 3.63) is 53.4 Å². The molecule has 0 bridgehead atoms. The van der Waals surface area contributed by atoms with E-state index in [4.69, 9.17) is 9.36 Å². The molecule has 4 N–H and O–H groups in total. The van der Waals surface area contributed by atoms with Crippen LogP contribution in [0.25, 0.3) is 0 Å². The van der Waals surface area contributed by atoms with Crippen LogP contribution in [0.2, 0.25) is 0 Å². The lowest BCUT2D eigenvalue weighted by Gasteiger charge is -2.29. The van der Waals surface area contributed by atoms with Crippen molar-refractivity contribution in [2.24, 2.45) is 11.8 Å². The molecule has 0 spiro atoms. The van der Waals surface area contributed by atoms with E-state index in [1.165, 1.54) is 5.56 Å². The summed E-state index contributed by atoms with van der Waals surface area (Å²) in [5, 5.41) is 11.9. The second-order valence-electron chi connectivity index (χ2n) is 12.2. The van der Waals surface area contributed by atoms with Crippen LogP contribution in [-0.4, -0.2) is 71.0 Å². The number of nitrogens with one attached hydrogen (secondary N) is 4. The van der Waals surface area contributed by atoms with Crippen molar-refractivity contribution in [2.45, 2.75) is 98.0 Å². The number of carbonyl (C=O) groups is 4. The minimum Gasteiger partial charge on any atom is -0.359 e. The van der Waals surface area contributed by atoms with Gasteiger partial charge >= 0.3 is 0 Å². The molecule has 45 heavy (non-hydrogen) atoms. The zero-order valence-electron chi connectivity index (χ0n) is 27.5. The Morgan fingerprint density at radius 3 is 2.24 bits per heavy atom. The first kappa shape index (κ1) is 35.9. The van der Waals surface area contributed by atoms with Crippen LogP contribution < -0.4 is 21.4 Å². The van der Waals surface area contributed by atoms with Gasteiger partial charge in [0.25, 0.3) is 5.91 Å². The number of ketones is 1. The molecule has 2 saturated heterocycles. The largest absolute Gasteiger partial charge is 0.359 e. The number of nitrogens with zero attached hydrogens (tertiary/aromatic N) is 2. The average Bonchev–Trinajstić information content (AvgIpc) is 3.92. The molecular formula is C33H50N6O6. The van der Waals surface area contributed by atoms with E-state index >= 15 is 0 Å². The fraction of sp³-hybridized carbons (Fsp3) is 0.606. The van der Waals surface area contributed by atoms with Crippen molar-refractivity contribution < 1.29 is 28.5 Å². The molecule has 5 rings (SSSR count). The maximum Gasteiger partial charge on any atom is 0.274 e. The average molecular weight is 627 g/mol. The molecular weight excluding hydrogens is 576 g/mol. The number of likely N-dealkylation sites (tertiary alicyclic amines) is 1. The van der Waals surface area contributed by atoms with E-state index in [1.807, 2.05) is 45.9 Å². The SMILES string of the molecule is CC.CC(C)C[C@H](NC(=O)CNC(=O)C(CC1CC1)NC(=O)c1cc(CN2CCC2)on1)C(=O)C1(C)NO1.Cc1ccccc1. The minimum absolute atomic E-state index is 0.122. The van der Waals surface area contributed by atoms with Crippen molar-refractivity contribution in [1.82, 2.24) is 31.5 Å². The third-order valence-corrected chi connectivity index (χ3v) is 7.61. The summed E-state index contributed by atoms with van der Waals surface area (Å²) >= 11 is 0. The lowest BCUT2D eigenvalue weighted by atomic mass is 9.96. The van der Waals surface area contributed by atoms with Gasteiger partial charge in [-0.25, -0.2) is 0 Å². The van der Waals surface area contributed by atoms with E-state index in [0.29, 0.717) is 31.1 Å². The molecule has 3 amide bonds. The summed E-state index contributed by atoms with van der Waals surface area (Å²) in [4.78, 5) is 58.0. The zero-order chi connectivity index (χ0) is 33.0. The molecule has 248 valence electrons. The van der Waals surface area contributed by atoms with Crippen LogP contribution in [0.5, 0.6) is 0 Å². The Labute approximate surface area is 266 Å².